The maximum absolute atomic E-state index is 12.6. The van der Waals surface area contributed by atoms with Crippen LogP contribution >= 0.6 is 11.6 Å². The Balaban J connectivity index is 1.49. The highest BCUT2D eigenvalue weighted by Gasteiger charge is 2.22. The van der Waals surface area contributed by atoms with E-state index in [4.69, 9.17) is 16.3 Å². The Bertz CT molecular complexity index is 800. The molecule has 0 bridgehead atoms. The lowest BCUT2D eigenvalue weighted by molar-refractivity contribution is 0.144. The molecular formula is C20H28ClN5O2. The fourth-order valence-electron chi connectivity index (χ4n) is 3.41. The fraction of sp³-hybridized carbons (Fsp3) is 0.500. The molecule has 0 spiro atoms. The molecule has 0 saturated carbocycles. The normalized spacial score (nSPS) is 15.1. The first-order valence-corrected chi connectivity index (χ1v) is 9.98. The van der Waals surface area contributed by atoms with Crippen LogP contribution in [0.2, 0.25) is 5.02 Å². The minimum Gasteiger partial charge on any atom is -0.495 e. The van der Waals surface area contributed by atoms with Crippen molar-refractivity contribution in [1.29, 1.82) is 0 Å². The number of nitrogens with zero attached hydrogens (tertiary/aromatic N) is 4. The molecule has 7 nitrogen and oxygen atoms in total. The lowest BCUT2D eigenvalue weighted by Crippen LogP contribution is -2.50. The Labute approximate surface area is 171 Å². The van der Waals surface area contributed by atoms with Crippen molar-refractivity contribution in [1.82, 2.24) is 19.4 Å². The van der Waals surface area contributed by atoms with Crippen molar-refractivity contribution in [2.75, 3.05) is 45.2 Å². The number of nitrogens with one attached hydrogen (secondary N) is 1. The van der Waals surface area contributed by atoms with Gasteiger partial charge in [-0.3, -0.25) is 4.90 Å². The molecule has 1 aliphatic heterocycles. The molecule has 0 aliphatic carbocycles. The number of urea groups is 1. The summed E-state index contributed by atoms with van der Waals surface area (Å²) in [6.45, 7) is 9.27. The molecule has 1 aliphatic rings. The van der Waals surface area contributed by atoms with Gasteiger partial charge in [0.15, 0.2) is 0 Å². The van der Waals surface area contributed by atoms with Gasteiger partial charge in [0, 0.05) is 62.6 Å². The first-order valence-electron chi connectivity index (χ1n) is 9.60. The monoisotopic (exact) mass is 405 g/mol. The van der Waals surface area contributed by atoms with Gasteiger partial charge < -0.3 is 19.5 Å². The largest absolute Gasteiger partial charge is 0.495 e. The highest BCUT2D eigenvalue weighted by Crippen LogP contribution is 2.28. The van der Waals surface area contributed by atoms with Crippen molar-refractivity contribution < 1.29 is 9.53 Å². The molecule has 8 heteroatoms. The van der Waals surface area contributed by atoms with E-state index < -0.39 is 0 Å². The SMILES string of the molecule is COc1ccc(Cl)cc1NC(=O)N1CCN(CCn2ccnc2C(C)C)CC1. The zero-order valence-corrected chi connectivity index (χ0v) is 17.4. The Hall–Kier alpha value is -2.25. The molecule has 28 heavy (non-hydrogen) atoms. The molecule has 1 saturated heterocycles. The molecule has 1 fully saturated rings. The zero-order valence-electron chi connectivity index (χ0n) is 16.7. The number of halogens is 1. The van der Waals surface area contributed by atoms with Crippen LogP contribution in [-0.2, 0) is 6.54 Å². The van der Waals surface area contributed by atoms with E-state index in [1.165, 1.54) is 0 Å². The Morgan fingerprint density at radius 3 is 2.68 bits per heavy atom. The van der Waals surface area contributed by atoms with Crippen LogP contribution in [0.25, 0.3) is 0 Å². The average Bonchev–Trinajstić information content (AvgIpc) is 3.16. The Kier molecular flexibility index (Phi) is 6.80. The molecule has 0 radical (unpaired) electrons. The molecule has 0 atom stereocenters. The topological polar surface area (TPSA) is 62.6 Å². The second-order valence-corrected chi connectivity index (χ2v) is 7.67. The second kappa shape index (κ2) is 9.30. The third-order valence-electron chi connectivity index (χ3n) is 4.98. The molecule has 2 amide bonds. The van der Waals surface area contributed by atoms with Gasteiger partial charge in [0.25, 0.3) is 0 Å². The van der Waals surface area contributed by atoms with Crippen molar-refractivity contribution >= 4 is 23.3 Å². The maximum Gasteiger partial charge on any atom is 0.322 e. The molecule has 3 rings (SSSR count). The Morgan fingerprint density at radius 2 is 2.00 bits per heavy atom. The smallest absolute Gasteiger partial charge is 0.322 e. The van der Waals surface area contributed by atoms with E-state index in [2.05, 4.69) is 33.6 Å². The average molecular weight is 406 g/mol. The Morgan fingerprint density at radius 1 is 1.25 bits per heavy atom. The quantitative estimate of drug-likeness (QED) is 0.798. The van der Waals surface area contributed by atoms with Crippen LogP contribution in [0.1, 0.15) is 25.6 Å². The van der Waals surface area contributed by atoms with Crippen molar-refractivity contribution in [3.05, 3.63) is 41.4 Å². The van der Waals surface area contributed by atoms with E-state index in [9.17, 15) is 4.79 Å². The summed E-state index contributed by atoms with van der Waals surface area (Å²) in [7, 11) is 1.57. The summed E-state index contributed by atoms with van der Waals surface area (Å²) in [5.74, 6) is 2.13. The molecule has 1 N–H and O–H groups in total. The highest BCUT2D eigenvalue weighted by molar-refractivity contribution is 6.31. The molecule has 152 valence electrons. The van der Waals surface area contributed by atoms with Gasteiger partial charge in [0.2, 0.25) is 0 Å². The predicted octanol–water partition coefficient (Wildman–Crippen LogP) is 3.52. The molecule has 2 aromatic rings. The zero-order chi connectivity index (χ0) is 20.1. The number of benzene rings is 1. The van der Waals surface area contributed by atoms with Gasteiger partial charge in [-0.1, -0.05) is 25.4 Å². The van der Waals surface area contributed by atoms with Gasteiger partial charge in [-0.2, -0.15) is 0 Å². The molecular weight excluding hydrogens is 378 g/mol. The van der Waals surface area contributed by atoms with Crippen molar-refractivity contribution in [2.45, 2.75) is 26.3 Å². The lowest BCUT2D eigenvalue weighted by Gasteiger charge is -2.34. The van der Waals surface area contributed by atoms with Crippen molar-refractivity contribution in [3.63, 3.8) is 0 Å². The highest BCUT2D eigenvalue weighted by atomic mass is 35.5. The van der Waals surface area contributed by atoms with Gasteiger partial charge in [-0.05, 0) is 18.2 Å². The van der Waals surface area contributed by atoms with Crippen LogP contribution in [0, 0.1) is 0 Å². The van der Waals surface area contributed by atoms with E-state index in [1.54, 1.807) is 25.3 Å². The number of carbonyl (C=O) groups is 1. The van der Waals surface area contributed by atoms with Crippen LogP contribution in [0.4, 0.5) is 10.5 Å². The third kappa shape index (κ3) is 4.97. The summed E-state index contributed by atoms with van der Waals surface area (Å²) in [6, 6.07) is 5.06. The first-order chi connectivity index (χ1) is 13.5. The number of anilines is 1. The van der Waals surface area contributed by atoms with E-state index >= 15 is 0 Å². The number of carbonyl (C=O) groups excluding carboxylic acids is 1. The molecule has 1 aromatic heterocycles. The van der Waals surface area contributed by atoms with E-state index in [-0.39, 0.29) is 6.03 Å². The van der Waals surface area contributed by atoms with Crippen LogP contribution in [0.3, 0.4) is 0 Å². The van der Waals surface area contributed by atoms with E-state index in [0.29, 0.717) is 35.5 Å². The number of piperazine rings is 1. The summed E-state index contributed by atoms with van der Waals surface area (Å²) in [5.41, 5.74) is 0.587. The van der Waals surface area contributed by atoms with Gasteiger partial charge >= 0.3 is 6.03 Å². The number of hydrogen-bond donors (Lipinski definition) is 1. The maximum atomic E-state index is 12.6. The molecule has 0 unspecified atom stereocenters. The van der Waals surface area contributed by atoms with Gasteiger partial charge in [-0.15, -0.1) is 0 Å². The summed E-state index contributed by atoms with van der Waals surface area (Å²) in [5, 5.41) is 3.46. The number of rotatable bonds is 6. The van der Waals surface area contributed by atoms with E-state index in [1.807, 2.05) is 17.3 Å². The summed E-state index contributed by atoms with van der Waals surface area (Å²) in [6.07, 6.45) is 3.90. The summed E-state index contributed by atoms with van der Waals surface area (Å²) >= 11 is 6.04. The lowest BCUT2D eigenvalue weighted by atomic mass is 10.2. The number of ether oxygens (including phenoxy) is 1. The van der Waals surface area contributed by atoms with Crippen LogP contribution in [-0.4, -0.2) is 65.2 Å². The second-order valence-electron chi connectivity index (χ2n) is 7.24. The van der Waals surface area contributed by atoms with Crippen molar-refractivity contribution in [2.24, 2.45) is 0 Å². The summed E-state index contributed by atoms with van der Waals surface area (Å²) < 4.78 is 7.51. The van der Waals surface area contributed by atoms with Gasteiger partial charge in [-0.25, -0.2) is 9.78 Å². The number of imidazole rings is 1. The van der Waals surface area contributed by atoms with E-state index in [0.717, 1.165) is 32.0 Å². The third-order valence-corrected chi connectivity index (χ3v) is 5.22. The standard InChI is InChI=1S/C20H28ClN5O2/c1-15(2)19-22-6-7-25(19)11-8-24-9-12-26(13-10-24)20(27)23-17-14-16(21)4-5-18(17)28-3/h4-7,14-15H,8-13H2,1-3H3,(H,23,27). The summed E-state index contributed by atoms with van der Waals surface area (Å²) in [4.78, 5) is 21.3. The molecule has 2 heterocycles. The van der Waals surface area contributed by atoms with Gasteiger partial charge in [0.05, 0.1) is 12.8 Å². The first kappa shape index (κ1) is 20.5. The van der Waals surface area contributed by atoms with Crippen LogP contribution in [0.15, 0.2) is 30.6 Å². The number of methoxy groups -OCH3 is 1. The number of amides is 2. The number of hydrogen-bond acceptors (Lipinski definition) is 4. The number of aromatic nitrogens is 2. The minimum atomic E-state index is -0.128. The fourth-order valence-corrected chi connectivity index (χ4v) is 3.58. The minimum absolute atomic E-state index is 0.128. The van der Waals surface area contributed by atoms with Gasteiger partial charge in [0.1, 0.15) is 11.6 Å². The predicted molar refractivity (Wildman–Crippen MR) is 111 cm³/mol. The molecule has 1 aromatic carbocycles. The van der Waals surface area contributed by atoms with Crippen molar-refractivity contribution in [3.8, 4) is 5.75 Å². The van der Waals surface area contributed by atoms with Crippen LogP contribution < -0.4 is 10.1 Å². The van der Waals surface area contributed by atoms with Crippen LogP contribution in [0.5, 0.6) is 5.75 Å².